The van der Waals surface area contributed by atoms with Crippen LogP contribution in [-0.4, -0.2) is 16.1 Å². The molecule has 0 aliphatic heterocycles. The first kappa shape index (κ1) is 14.2. The van der Waals surface area contributed by atoms with Gasteiger partial charge in [0.1, 0.15) is 0 Å². The minimum atomic E-state index is -0.622. The van der Waals surface area contributed by atoms with Gasteiger partial charge in [-0.1, -0.05) is 19.3 Å². The number of nitro groups is 1. The van der Waals surface area contributed by atoms with E-state index in [0.29, 0.717) is 4.73 Å². The topological polar surface area (TPSA) is 122 Å². The Hall–Kier alpha value is -2.71. The summed E-state index contributed by atoms with van der Waals surface area (Å²) in [6, 6.07) is 3.63. The zero-order chi connectivity index (χ0) is 15.7. The molecule has 1 aliphatic carbocycles. The number of fused-ring (bicyclic) bond motifs is 1. The van der Waals surface area contributed by atoms with Gasteiger partial charge in [-0.2, -0.15) is 0 Å². The van der Waals surface area contributed by atoms with E-state index in [9.17, 15) is 20.5 Å². The Morgan fingerprint density at radius 2 is 1.91 bits per heavy atom. The van der Waals surface area contributed by atoms with Crippen LogP contribution in [-0.2, 0) is 0 Å². The van der Waals surface area contributed by atoms with Crippen molar-refractivity contribution in [1.82, 2.24) is 5.10 Å². The van der Waals surface area contributed by atoms with E-state index in [1.165, 1.54) is 18.6 Å². The average Bonchev–Trinajstić information content (AvgIpc) is 2.53. The normalized spacial score (nSPS) is 15.8. The molecule has 0 saturated heterocycles. The van der Waals surface area contributed by atoms with E-state index >= 15 is 0 Å². The summed E-state index contributed by atoms with van der Waals surface area (Å²) in [7, 11) is 0. The maximum atomic E-state index is 12.3. The fourth-order valence-corrected chi connectivity index (χ4v) is 2.76. The molecule has 0 spiro atoms. The maximum Gasteiger partial charge on any atom is 0.461 e. The summed E-state index contributed by atoms with van der Waals surface area (Å²) in [5.41, 5.74) is -0.334. The molecule has 116 valence electrons. The molecule has 1 aromatic heterocycles. The number of nitrogens with zero attached hydrogens (tertiary/aromatic N) is 4. The summed E-state index contributed by atoms with van der Waals surface area (Å²) in [4.78, 5) is 10.4. The average molecular weight is 305 g/mol. The van der Waals surface area contributed by atoms with E-state index < -0.39 is 4.92 Å². The van der Waals surface area contributed by atoms with Gasteiger partial charge in [0.15, 0.2) is 5.52 Å². The zero-order valence-electron chi connectivity index (χ0n) is 11.8. The van der Waals surface area contributed by atoms with E-state index in [0.717, 1.165) is 31.7 Å². The molecule has 0 unspecified atom stereocenters. The van der Waals surface area contributed by atoms with Crippen molar-refractivity contribution in [2.24, 2.45) is 0 Å². The molecule has 0 atom stereocenters. The summed E-state index contributed by atoms with van der Waals surface area (Å²) in [6.45, 7) is 0. The largest absolute Gasteiger partial charge is 0.739 e. The van der Waals surface area contributed by atoms with Crippen LogP contribution in [0, 0.1) is 20.5 Å². The van der Waals surface area contributed by atoms with Crippen molar-refractivity contribution in [2.45, 2.75) is 38.1 Å². The number of aromatic nitrogens is 3. The van der Waals surface area contributed by atoms with Crippen molar-refractivity contribution in [3.8, 4) is 0 Å². The third-order valence-corrected chi connectivity index (χ3v) is 3.91. The van der Waals surface area contributed by atoms with Crippen molar-refractivity contribution in [3.63, 3.8) is 0 Å². The predicted molar refractivity (Wildman–Crippen MR) is 76.8 cm³/mol. The second kappa shape index (κ2) is 5.58. The Kier molecular flexibility index (Phi) is 3.61. The van der Waals surface area contributed by atoms with Gasteiger partial charge in [0.25, 0.3) is 5.69 Å². The first-order chi connectivity index (χ1) is 10.6. The summed E-state index contributed by atoms with van der Waals surface area (Å²) < 4.78 is 0.516. The zero-order valence-corrected chi connectivity index (χ0v) is 11.8. The Bertz CT molecular complexity index is 730. The lowest BCUT2D eigenvalue weighted by Gasteiger charge is -2.20. The SMILES string of the molecule is O=[N+]([O-])c1ccc2c(c1)[n+]([O-])nc(NC1CCCCC1)[n+]2[O-]. The van der Waals surface area contributed by atoms with E-state index in [4.69, 9.17) is 0 Å². The van der Waals surface area contributed by atoms with Gasteiger partial charge in [0.05, 0.1) is 17.0 Å². The molecule has 3 rings (SSSR count). The van der Waals surface area contributed by atoms with Crippen LogP contribution in [0.5, 0.6) is 0 Å². The van der Waals surface area contributed by atoms with Crippen LogP contribution >= 0.6 is 0 Å². The lowest BCUT2D eigenvalue weighted by molar-refractivity contribution is -0.672. The standard InChI is InChI=1S/C13H15N5O4/c19-16-11-7-6-10(18(21)22)8-12(11)17(20)15-13(16)14-9-4-2-1-3-5-9/h6-9H,1-5H2,(H,14,15). The smallest absolute Gasteiger partial charge is 0.461 e. The van der Waals surface area contributed by atoms with Gasteiger partial charge in [-0.15, -0.1) is 0 Å². The van der Waals surface area contributed by atoms with Crippen molar-refractivity contribution >= 4 is 22.7 Å². The van der Waals surface area contributed by atoms with Gasteiger partial charge >= 0.3 is 11.5 Å². The monoisotopic (exact) mass is 305 g/mol. The van der Waals surface area contributed by atoms with E-state index in [2.05, 4.69) is 10.4 Å². The Labute approximate surface area is 125 Å². The van der Waals surface area contributed by atoms with Crippen molar-refractivity contribution < 1.29 is 14.5 Å². The molecule has 9 heteroatoms. The van der Waals surface area contributed by atoms with Gasteiger partial charge in [0, 0.05) is 10.9 Å². The van der Waals surface area contributed by atoms with Crippen LogP contribution in [0.1, 0.15) is 32.1 Å². The minimum Gasteiger partial charge on any atom is -0.739 e. The Balaban J connectivity index is 2.00. The summed E-state index contributed by atoms with van der Waals surface area (Å²) in [5.74, 6) is -0.0664. The third-order valence-electron chi connectivity index (χ3n) is 3.91. The highest BCUT2D eigenvalue weighted by Crippen LogP contribution is 2.20. The van der Waals surface area contributed by atoms with Crippen molar-refractivity contribution in [2.75, 3.05) is 5.32 Å². The van der Waals surface area contributed by atoms with Gasteiger partial charge < -0.3 is 10.4 Å². The van der Waals surface area contributed by atoms with Crippen molar-refractivity contribution in [3.05, 3.63) is 38.7 Å². The van der Waals surface area contributed by atoms with E-state index in [-0.39, 0.29) is 33.6 Å². The Morgan fingerprint density at radius 1 is 1.18 bits per heavy atom. The number of rotatable bonds is 3. The first-order valence-corrected chi connectivity index (χ1v) is 7.14. The van der Waals surface area contributed by atoms with Gasteiger partial charge in [-0.05, 0) is 18.9 Å². The van der Waals surface area contributed by atoms with Crippen LogP contribution in [0.25, 0.3) is 11.0 Å². The molecule has 1 saturated carbocycles. The summed E-state index contributed by atoms with van der Waals surface area (Å²) in [6.07, 6.45) is 5.19. The van der Waals surface area contributed by atoms with Crippen LogP contribution in [0.15, 0.2) is 18.2 Å². The third kappa shape index (κ3) is 2.57. The Morgan fingerprint density at radius 3 is 2.59 bits per heavy atom. The van der Waals surface area contributed by atoms with Crippen LogP contribution in [0.2, 0.25) is 0 Å². The van der Waals surface area contributed by atoms with Gasteiger partial charge in [0.2, 0.25) is 5.10 Å². The number of benzene rings is 1. The number of anilines is 1. The van der Waals surface area contributed by atoms with Crippen molar-refractivity contribution in [1.29, 1.82) is 0 Å². The molecule has 2 aromatic rings. The van der Waals surface area contributed by atoms with Crippen LogP contribution in [0.3, 0.4) is 0 Å². The van der Waals surface area contributed by atoms with Gasteiger partial charge in [-0.25, -0.2) is 4.73 Å². The molecule has 0 radical (unpaired) electrons. The molecule has 22 heavy (non-hydrogen) atoms. The molecule has 0 bridgehead atoms. The second-order valence-electron chi connectivity index (χ2n) is 5.40. The second-order valence-corrected chi connectivity index (χ2v) is 5.40. The maximum absolute atomic E-state index is 12.3. The number of hydrogen-bond donors (Lipinski definition) is 1. The van der Waals surface area contributed by atoms with Crippen LogP contribution in [0.4, 0.5) is 11.6 Å². The highest BCUT2D eigenvalue weighted by atomic mass is 16.6. The van der Waals surface area contributed by atoms with Crippen LogP contribution < -0.4 is 14.9 Å². The molecule has 0 amide bonds. The highest BCUT2D eigenvalue weighted by Gasteiger charge is 2.26. The molecular weight excluding hydrogens is 290 g/mol. The molecule has 1 fully saturated rings. The number of nitrogens with one attached hydrogen (secondary N) is 1. The summed E-state index contributed by atoms with van der Waals surface area (Å²) >= 11 is 0. The first-order valence-electron chi connectivity index (χ1n) is 7.14. The lowest BCUT2D eigenvalue weighted by atomic mass is 9.96. The quantitative estimate of drug-likeness (QED) is 0.393. The summed E-state index contributed by atoms with van der Waals surface area (Å²) in [5, 5.41) is 41.7. The number of non-ortho nitro benzene ring substituents is 1. The number of nitro benzene ring substituents is 1. The molecule has 9 nitrogen and oxygen atoms in total. The molecule has 1 heterocycles. The predicted octanol–water partition coefficient (Wildman–Crippen LogP) is 1.15. The molecule has 1 aromatic carbocycles. The molecule has 1 N–H and O–H groups in total. The fourth-order valence-electron chi connectivity index (χ4n) is 2.76. The lowest BCUT2D eigenvalue weighted by Crippen LogP contribution is -2.45. The molecular formula is C13H15N5O4. The number of hydrogen-bond acceptors (Lipinski definition) is 6. The van der Waals surface area contributed by atoms with E-state index in [1.807, 2.05) is 0 Å². The fraction of sp³-hybridized carbons (Fsp3) is 0.462. The van der Waals surface area contributed by atoms with E-state index in [1.54, 1.807) is 0 Å². The molecule has 1 aliphatic rings. The minimum absolute atomic E-state index is 0.0499. The van der Waals surface area contributed by atoms with Gasteiger partial charge in [-0.3, -0.25) is 15.4 Å². The highest BCUT2D eigenvalue weighted by molar-refractivity contribution is 5.71.